The van der Waals surface area contributed by atoms with Crippen LogP contribution in [-0.4, -0.2) is 51.1 Å². The maximum atomic E-state index is 13.4. The zero-order valence-electron chi connectivity index (χ0n) is 23.8. The summed E-state index contributed by atoms with van der Waals surface area (Å²) in [6.45, 7) is 5.60. The standard InChI is InChI=1S/C21H32O5.C11H15NO/c1-19-7-5-13(23)9-12(19)3-4-14-15-6-8-21(26,17(25)11-22)20(15,2)10-16(24)18(14)19;1-2-3-6-9-7-4-5-8-10(9)11(12)13/h12-15,18,22-23,26H,3-11H2,1-2H3;4-5,7-8H,2-3,6H2,1H3,(H2,12,13)/t12-,13-,14+,15+,18-,19+,20+,21+;/m1./s1. The monoisotopic (exact) mass is 541 g/mol. The van der Waals surface area contributed by atoms with Crippen molar-refractivity contribution < 1.29 is 29.7 Å². The molecule has 4 aliphatic carbocycles. The number of hydrogen-bond donors (Lipinski definition) is 4. The second-order valence-corrected chi connectivity index (χ2v) is 13.1. The third kappa shape index (κ3) is 5.11. The molecule has 39 heavy (non-hydrogen) atoms. The second-order valence-electron chi connectivity index (χ2n) is 13.1. The van der Waals surface area contributed by atoms with Gasteiger partial charge in [0, 0.05) is 23.3 Å². The van der Waals surface area contributed by atoms with Crippen LogP contribution in [0.5, 0.6) is 0 Å². The summed E-state index contributed by atoms with van der Waals surface area (Å²) in [6.07, 6.45) is 8.65. The lowest BCUT2D eigenvalue weighted by Crippen LogP contribution is -2.62. The molecule has 5 N–H and O–H groups in total. The molecule has 1 aromatic carbocycles. The van der Waals surface area contributed by atoms with Crippen LogP contribution in [0, 0.1) is 34.5 Å². The van der Waals surface area contributed by atoms with Crippen LogP contribution in [0.25, 0.3) is 0 Å². The third-order valence-electron chi connectivity index (χ3n) is 11.2. The molecule has 0 heterocycles. The molecule has 5 rings (SSSR count). The third-order valence-corrected chi connectivity index (χ3v) is 11.2. The van der Waals surface area contributed by atoms with Crippen LogP contribution in [0.15, 0.2) is 24.3 Å². The fourth-order valence-electron chi connectivity index (χ4n) is 8.99. The van der Waals surface area contributed by atoms with Gasteiger partial charge in [-0.3, -0.25) is 14.4 Å². The number of rotatable bonds is 6. The molecule has 4 aliphatic rings. The average molecular weight is 542 g/mol. The predicted octanol–water partition coefficient (Wildman–Crippen LogP) is 3.99. The Morgan fingerprint density at radius 2 is 1.79 bits per heavy atom. The van der Waals surface area contributed by atoms with Crippen LogP contribution in [0.4, 0.5) is 0 Å². The first-order valence-electron chi connectivity index (χ1n) is 14.9. The Bertz CT molecular complexity index is 1090. The fraction of sp³-hybridized carbons (Fsp3) is 0.719. The Kier molecular flexibility index (Phi) is 8.75. The zero-order valence-corrected chi connectivity index (χ0v) is 23.8. The minimum atomic E-state index is -1.58. The van der Waals surface area contributed by atoms with Gasteiger partial charge in [-0.05, 0) is 92.6 Å². The van der Waals surface area contributed by atoms with Gasteiger partial charge in [-0.2, -0.15) is 0 Å². The van der Waals surface area contributed by atoms with Gasteiger partial charge in [-0.15, -0.1) is 0 Å². The van der Waals surface area contributed by atoms with Crippen molar-refractivity contribution in [3.8, 4) is 0 Å². The lowest BCUT2D eigenvalue weighted by molar-refractivity contribution is -0.180. The van der Waals surface area contributed by atoms with Crippen LogP contribution in [-0.2, 0) is 16.0 Å². The number of carbonyl (C=O) groups is 3. The number of fused-ring (bicyclic) bond motifs is 5. The Hall–Kier alpha value is -2.09. The maximum absolute atomic E-state index is 13.4. The number of nitrogens with two attached hydrogens (primary N) is 1. The van der Waals surface area contributed by atoms with Crippen molar-refractivity contribution in [1.82, 2.24) is 0 Å². The van der Waals surface area contributed by atoms with E-state index in [1.807, 2.05) is 25.1 Å². The molecule has 7 nitrogen and oxygen atoms in total. The number of ketones is 2. The topological polar surface area (TPSA) is 138 Å². The highest BCUT2D eigenvalue weighted by Gasteiger charge is 2.68. The van der Waals surface area contributed by atoms with E-state index >= 15 is 0 Å². The molecule has 4 saturated carbocycles. The molecular formula is C32H47NO6. The molecule has 0 saturated heterocycles. The Morgan fingerprint density at radius 3 is 2.46 bits per heavy atom. The molecule has 0 bridgehead atoms. The Morgan fingerprint density at radius 1 is 1.08 bits per heavy atom. The van der Waals surface area contributed by atoms with E-state index in [4.69, 9.17) is 5.73 Å². The number of unbranched alkanes of at least 4 members (excludes halogenated alkanes) is 1. The summed E-state index contributed by atoms with van der Waals surface area (Å²) in [6, 6.07) is 7.54. The highest BCUT2D eigenvalue weighted by atomic mass is 16.3. The van der Waals surface area contributed by atoms with Crippen LogP contribution < -0.4 is 5.73 Å². The predicted molar refractivity (Wildman–Crippen MR) is 149 cm³/mol. The molecule has 0 aromatic heterocycles. The Labute approximate surface area is 232 Å². The minimum absolute atomic E-state index is 0.0154. The summed E-state index contributed by atoms with van der Waals surface area (Å²) in [5.41, 5.74) is 4.57. The molecule has 0 aliphatic heterocycles. The summed E-state index contributed by atoms with van der Waals surface area (Å²) in [4.78, 5) is 36.7. The van der Waals surface area contributed by atoms with Crippen molar-refractivity contribution in [3.63, 3.8) is 0 Å². The average Bonchev–Trinajstić information content (AvgIpc) is 3.18. The van der Waals surface area contributed by atoms with Gasteiger partial charge in [-0.1, -0.05) is 45.4 Å². The van der Waals surface area contributed by atoms with Crippen LogP contribution >= 0.6 is 0 Å². The van der Waals surface area contributed by atoms with Gasteiger partial charge < -0.3 is 21.1 Å². The Balaban J connectivity index is 0.000000229. The number of amides is 1. The highest BCUT2D eigenvalue weighted by Crippen LogP contribution is 2.67. The van der Waals surface area contributed by atoms with Crippen molar-refractivity contribution >= 4 is 17.5 Å². The number of aliphatic hydroxyl groups excluding tert-OH is 2. The first-order chi connectivity index (χ1) is 18.4. The molecular weight excluding hydrogens is 494 g/mol. The lowest BCUT2D eigenvalue weighted by atomic mass is 9.44. The molecule has 1 amide bonds. The van der Waals surface area contributed by atoms with Crippen molar-refractivity contribution in [2.45, 2.75) is 103 Å². The molecule has 1 aromatic rings. The largest absolute Gasteiger partial charge is 0.393 e. The van der Waals surface area contributed by atoms with E-state index in [-0.39, 0.29) is 47.4 Å². The summed E-state index contributed by atoms with van der Waals surface area (Å²) in [5, 5.41) is 30.6. The molecule has 216 valence electrons. The van der Waals surface area contributed by atoms with E-state index in [1.54, 1.807) is 6.07 Å². The van der Waals surface area contributed by atoms with Crippen molar-refractivity contribution in [3.05, 3.63) is 35.4 Å². The fourth-order valence-corrected chi connectivity index (χ4v) is 8.99. The van der Waals surface area contributed by atoms with E-state index < -0.39 is 23.4 Å². The van der Waals surface area contributed by atoms with E-state index in [2.05, 4.69) is 13.8 Å². The van der Waals surface area contributed by atoms with E-state index in [0.717, 1.165) is 63.4 Å². The maximum Gasteiger partial charge on any atom is 0.248 e. The number of primary amides is 1. The number of aryl methyl sites for hydroxylation is 1. The lowest BCUT2D eigenvalue weighted by Gasteiger charge is -2.60. The summed E-state index contributed by atoms with van der Waals surface area (Å²) < 4.78 is 0. The SMILES string of the molecule is CCCCc1ccccc1C(N)=O.C[C@]12CC[C@@H](O)C[C@H]1CC[C@@H]1[C@@H]2C(=O)C[C@@]2(C)[C@H]1CC[C@]2(O)C(=O)CO. The van der Waals surface area contributed by atoms with E-state index in [9.17, 15) is 29.7 Å². The number of carbonyl (C=O) groups excluding carboxylic acids is 3. The number of aliphatic hydroxyl groups is 3. The molecule has 0 unspecified atom stereocenters. The van der Waals surface area contributed by atoms with Crippen molar-refractivity contribution in [2.75, 3.05) is 6.61 Å². The highest BCUT2D eigenvalue weighted by molar-refractivity contribution is 5.94. The minimum Gasteiger partial charge on any atom is -0.393 e. The molecule has 0 spiro atoms. The zero-order chi connectivity index (χ0) is 28.6. The van der Waals surface area contributed by atoms with E-state index in [0.29, 0.717) is 17.9 Å². The van der Waals surface area contributed by atoms with Gasteiger partial charge in [-0.25, -0.2) is 0 Å². The van der Waals surface area contributed by atoms with Crippen molar-refractivity contribution in [1.29, 1.82) is 0 Å². The van der Waals surface area contributed by atoms with E-state index in [1.165, 1.54) is 0 Å². The number of hydrogen-bond acceptors (Lipinski definition) is 6. The van der Waals surface area contributed by atoms with Gasteiger partial charge in [0.15, 0.2) is 5.78 Å². The van der Waals surface area contributed by atoms with Gasteiger partial charge in [0.1, 0.15) is 18.0 Å². The molecule has 8 atom stereocenters. The number of benzene rings is 1. The number of Topliss-reactive ketones (excluding diaryl/α,β-unsaturated/α-hetero) is 2. The molecule has 7 heteroatoms. The van der Waals surface area contributed by atoms with Gasteiger partial charge in [0.05, 0.1) is 6.10 Å². The molecule has 0 radical (unpaired) electrons. The van der Waals surface area contributed by atoms with Gasteiger partial charge in [0.25, 0.3) is 0 Å². The first kappa shape index (κ1) is 29.9. The van der Waals surface area contributed by atoms with Crippen LogP contribution in [0.1, 0.15) is 101 Å². The van der Waals surface area contributed by atoms with Crippen LogP contribution in [0.3, 0.4) is 0 Å². The van der Waals surface area contributed by atoms with Gasteiger partial charge in [0.2, 0.25) is 5.91 Å². The normalized spacial score (nSPS) is 39.0. The van der Waals surface area contributed by atoms with Crippen molar-refractivity contribution in [2.24, 2.45) is 40.2 Å². The quantitative estimate of drug-likeness (QED) is 0.430. The molecule has 4 fully saturated rings. The smallest absolute Gasteiger partial charge is 0.248 e. The summed E-state index contributed by atoms with van der Waals surface area (Å²) >= 11 is 0. The van der Waals surface area contributed by atoms with Crippen LogP contribution in [0.2, 0.25) is 0 Å². The first-order valence-corrected chi connectivity index (χ1v) is 14.9. The van der Waals surface area contributed by atoms with Gasteiger partial charge >= 0.3 is 0 Å². The summed E-state index contributed by atoms with van der Waals surface area (Å²) in [5.74, 6) is 0.0525. The second kappa shape index (κ2) is 11.4. The summed E-state index contributed by atoms with van der Waals surface area (Å²) in [7, 11) is 0.